The minimum Gasteiger partial charge on any atom is -0.360 e. The second-order valence-electron chi connectivity index (χ2n) is 7.07. The number of likely N-dealkylation sites (tertiary alicyclic amines) is 1. The van der Waals surface area contributed by atoms with Crippen LogP contribution in [-0.2, 0) is 0 Å². The monoisotopic (exact) mass is 305 g/mol. The minimum atomic E-state index is -0.0904. The first-order valence-electron chi connectivity index (χ1n) is 8.60. The van der Waals surface area contributed by atoms with Crippen LogP contribution in [0.5, 0.6) is 0 Å². The van der Waals surface area contributed by atoms with Crippen molar-refractivity contribution in [2.45, 2.75) is 64.5 Å². The van der Waals surface area contributed by atoms with E-state index in [0.29, 0.717) is 23.6 Å². The van der Waals surface area contributed by atoms with Crippen LogP contribution >= 0.6 is 0 Å². The van der Waals surface area contributed by atoms with Crippen LogP contribution in [0.4, 0.5) is 0 Å². The molecule has 0 spiro atoms. The van der Waals surface area contributed by atoms with Crippen LogP contribution in [0.1, 0.15) is 68.6 Å². The van der Waals surface area contributed by atoms with E-state index in [1.54, 1.807) is 0 Å². The molecule has 22 heavy (non-hydrogen) atoms. The third kappa shape index (κ3) is 3.35. The smallest absolute Gasteiger partial charge is 0.273 e. The Morgan fingerprint density at radius 1 is 1.45 bits per heavy atom. The SMILES string of the molecule is CCC[C@H]1CN(C(C)C)C[C@@H]1NC(=O)c1cc(C2CC2)on1. The molecule has 1 aromatic rings. The van der Waals surface area contributed by atoms with Crippen molar-refractivity contribution in [1.29, 1.82) is 0 Å². The Kier molecular flexibility index (Phi) is 4.52. The van der Waals surface area contributed by atoms with Crippen LogP contribution in [0.2, 0.25) is 0 Å². The van der Waals surface area contributed by atoms with Crippen LogP contribution in [-0.4, -0.2) is 41.1 Å². The number of rotatable bonds is 6. The van der Waals surface area contributed by atoms with Crippen LogP contribution in [0, 0.1) is 5.92 Å². The summed E-state index contributed by atoms with van der Waals surface area (Å²) in [6.07, 6.45) is 4.61. The Hall–Kier alpha value is -1.36. The van der Waals surface area contributed by atoms with Crippen molar-refractivity contribution in [2.24, 2.45) is 5.92 Å². The summed E-state index contributed by atoms with van der Waals surface area (Å²) >= 11 is 0. The normalized spacial score (nSPS) is 25.8. The van der Waals surface area contributed by atoms with Crippen LogP contribution in [0.3, 0.4) is 0 Å². The van der Waals surface area contributed by atoms with Gasteiger partial charge in [0.1, 0.15) is 5.76 Å². The zero-order valence-corrected chi connectivity index (χ0v) is 13.8. The molecule has 1 aliphatic carbocycles. The Bertz CT molecular complexity index is 522. The lowest BCUT2D eigenvalue weighted by Gasteiger charge is -2.20. The predicted molar refractivity (Wildman–Crippen MR) is 84.8 cm³/mol. The first-order chi connectivity index (χ1) is 10.6. The van der Waals surface area contributed by atoms with Crippen molar-refractivity contribution in [1.82, 2.24) is 15.4 Å². The Morgan fingerprint density at radius 2 is 2.23 bits per heavy atom. The topological polar surface area (TPSA) is 58.4 Å². The molecule has 2 aliphatic rings. The van der Waals surface area contributed by atoms with Crippen molar-refractivity contribution in [3.63, 3.8) is 0 Å². The van der Waals surface area contributed by atoms with Gasteiger partial charge >= 0.3 is 0 Å². The van der Waals surface area contributed by atoms with Crippen molar-refractivity contribution in [2.75, 3.05) is 13.1 Å². The quantitative estimate of drug-likeness (QED) is 0.878. The summed E-state index contributed by atoms with van der Waals surface area (Å²) in [6.45, 7) is 8.64. The van der Waals surface area contributed by atoms with Gasteiger partial charge in [0.25, 0.3) is 5.91 Å². The maximum absolute atomic E-state index is 12.4. The molecular formula is C17H27N3O2. The van der Waals surface area contributed by atoms with E-state index in [0.717, 1.165) is 44.5 Å². The first kappa shape index (κ1) is 15.5. The third-order valence-electron chi connectivity index (χ3n) is 4.92. The maximum Gasteiger partial charge on any atom is 0.273 e. The molecule has 1 saturated heterocycles. The van der Waals surface area contributed by atoms with E-state index < -0.39 is 0 Å². The first-order valence-corrected chi connectivity index (χ1v) is 8.60. The molecule has 1 N–H and O–H groups in total. The molecule has 122 valence electrons. The van der Waals surface area contributed by atoms with Gasteiger partial charge in [0, 0.05) is 37.2 Å². The molecule has 0 radical (unpaired) electrons. The van der Waals surface area contributed by atoms with Gasteiger partial charge in [-0.25, -0.2) is 0 Å². The molecule has 0 unspecified atom stereocenters. The zero-order chi connectivity index (χ0) is 15.7. The highest BCUT2D eigenvalue weighted by Crippen LogP contribution is 2.40. The second kappa shape index (κ2) is 6.41. The van der Waals surface area contributed by atoms with Crippen LogP contribution in [0.15, 0.2) is 10.6 Å². The summed E-state index contributed by atoms with van der Waals surface area (Å²) in [4.78, 5) is 14.9. The molecule has 5 nitrogen and oxygen atoms in total. The molecule has 2 heterocycles. The second-order valence-corrected chi connectivity index (χ2v) is 7.07. The van der Waals surface area contributed by atoms with Gasteiger partial charge in [-0.3, -0.25) is 9.69 Å². The number of aromatic nitrogens is 1. The van der Waals surface area contributed by atoms with E-state index >= 15 is 0 Å². The van der Waals surface area contributed by atoms with Gasteiger partial charge in [-0.1, -0.05) is 18.5 Å². The molecular weight excluding hydrogens is 278 g/mol. The number of carbonyl (C=O) groups is 1. The summed E-state index contributed by atoms with van der Waals surface area (Å²) in [7, 11) is 0. The standard InChI is InChI=1S/C17H27N3O2/c1-4-5-13-9-20(11(2)3)10-15(13)18-17(21)14-8-16(22-19-14)12-6-7-12/h8,11-13,15H,4-7,9-10H2,1-3H3,(H,18,21)/t13-,15-/m0/s1. The van der Waals surface area contributed by atoms with E-state index in [2.05, 4.69) is 36.1 Å². The van der Waals surface area contributed by atoms with E-state index in [4.69, 9.17) is 4.52 Å². The van der Waals surface area contributed by atoms with Crippen molar-refractivity contribution >= 4 is 5.91 Å². The number of amides is 1. The van der Waals surface area contributed by atoms with Crippen molar-refractivity contribution < 1.29 is 9.32 Å². The molecule has 5 heteroatoms. The van der Waals surface area contributed by atoms with Gasteiger partial charge in [-0.15, -0.1) is 0 Å². The molecule has 1 aliphatic heterocycles. The average molecular weight is 305 g/mol. The molecule has 1 saturated carbocycles. The number of nitrogens with zero attached hydrogens (tertiary/aromatic N) is 2. The zero-order valence-electron chi connectivity index (χ0n) is 13.8. The third-order valence-corrected chi connectivity index (χ3v) is 4.92. The molecule has 2 fully saturated rings. The highest BCUT2D eigenvalue weighted by molar-refractivity contribution is 5.92. The molecule has 2 atom stereocenters. The van der Waals surface area contributed by atoms with Gasteiger partial charge in [0.2, 0.25) is 0 Å². The average Bonchev–Trinajstić information content (AvgIpc) is 3.07. The maximum atomic E-state index is 12.4. The highest BCUT2D eigenvalue weighted by atomic mass is 16.5. The fraction of sp³-hybridized carbons (Fsp3) is 0.765. The summed E-state index contributed by atoms with van der Waals surface area (Å²) in [6, 6.07) is 2.56. The number of carbonyl (C=O) groups excluding carboxylic acids is 1. The highest BCUT2D eigenvalue weighted by Gasteiger charge is 2.35. The summed E-state index contributed by atoms with van der Waals surface area (Å²) in [5.41, 5.74) is 0.431. The van der Waals surface area contributed by atoms with Gasteiger partial charge in [0.05, 0.1) is 0 Å². The lowest BCUT2D eigenvalue weighted by atomic mass is 9.98. The van der Waals surface area contributed by atoms with Crippen LogP contribution < -0.4 is 5.32 Å². The van der Waals surface area contributed by atoms with E-state index in [1.807, 2.05) is 6.07 Å². The van der Waals surface area contributed by atoms with E-state index in [9.17, 15) is 4.79 Å². The van der Waals surface area contributed by atoms with Crippen molar-refractivity contribution in [3.05, 3.63) is 17.5 Å². The number of hydrogen-bond donors (Lipinski definition) is 1. The molecule has 1 amide bonds. The lowest BCUT2D eigenvalue weighted by molar-refractivity contribution is 0.0919. The Morgan fingerprint density at radius 3 is 2.86 bits per heavy atom. The fourth-order valence-electron chi connectivity index (χ4n) is 3.35. The largest absolute Gasteiger partial charge is 0.360 e. The molecule has 0 aromatic carbocycles. The Labute approximate surface area is 132 Å². The summed E-state index contributed by atoms with van der Waals surface area (Å²) < 4.78 is 5.29. The van der Waals surface area contributed by atoms with Gasteiger partial charge in [0.15, 0.2) is 5.69 Å². The van der Waals surface area contributed by atoms with E-state index in [1.165, 1.54) is 0 Å². The minimum absolute atomic E-state index is 0.0904. The summed E-state index contributed by atoms with van der Waals surface area (Å²) in [5, 5.41) is 7.13. The number of nitrogens with one attached hydrogen (secondary N) is 1. The molecule has 1 aromatic heterocycles. The molecule has 3 rings (SSSR count). The van der Waals surface area contributed by atoms with Crippen LogP contribution in [0.25, 0.3) is 0 Å². The van der Waals surface area contributed by atoms with E-state index in [-0.39, 0.29) is 11.9 Å². The Balaban J connectivity index is 1.62. The fourth-order valence-corrected chi connectivity index (χ4v) is 3.35. The number of hydrogen-bond acceptors (Lipinski definition) is 4. The lowest BCUT2D eigenvalue weighted by Crippen LogP contribution is -2.41. The summed E-state index contributed by atoms with van der Waals surface area (Å²) in [5.74, 6) is 1.80. The van der Waals surface area contributed by atoms with Gasteiger partial charge < -0.3 is 9.84 Å². The molecule has 0 bridgehead atoms. The van der Waals surface area contributed by atoms with Gasteiger partial charge in [-0.2, -0.15) is 0 Å². The van der Waals surface area contributed by atoms with Crippen molar-refractivity contribution in [3.8, 4) is 0 Å². The van der Waals surface area contributed by atoms with Gasteiger partial charge in [-0.05, 0) is 39.0 Å². The predicted octanol–water partition coefficient (Wildman–Crippen LogP) is 2.79.